The first-order chi connectivity index (χ1) is 17.3. The molecule has 36 heavy (non-hydrogen) atoms. The Balaban J connectivity index is 1.45. The zero-order valence-electron chi connectivity index (χ0n) is 21.7. The fourth-order valence-electron chi connectivity index (χ4n) is 4.73. The van der Waals surface area contributed by atoms with Crippen LogP contribution in [0.15, 0.2) is 36.4 Å². The summed E-state index contributed by atoms with van der Waals surface area (Å²) in [5.41, 5.74) is 5.89. The van der Waals surface area contributed by atoms with Crippen LogP contribution in [0.4, 0.5) is 5.82 Å². The van der Waals surface area contributed by atoms with Gasteiger partial charge in [0.15, 0.2) is 0 Å². The summed E-state index contributed by atoms with van der Waals surface area (Å²) in [4.78, 5) is 16.8. The zero-order valence-corrected chi connectivity index (χ0v) is 21.7. The minimum absolute atomic E-state index is 0.0526. The van der Waals surface area contributed by atoms with Crippen molar-refractivity contribution in [1.82, 2.24) is 14.8 Å². The number of aryl methyl sites for hydroxylation is 2. The summed E-state index contributed by atoms with van der Waals surface area (Å²) in [6.07, 6.45) is 3.93. The highest BCUT2D eigenvalue weighted by Gasteiger charge is 2.20. The SMILES string of the molecule is CC(=O)CC(Cc1cc(OCCc2ccc3c(n2)NCCC3)n(C)n1)c1cc(C#N)cc(C(C)C)c1. The van der Waals surface area contributed by atoms with Crippen molar-refractivity contribution in [3.8, 4) is 11.9 Å². The molecule has 0 radical (unpaired) electrons. The van der Waals surface area contributed by atoms with Gasteiger partial charge in [0.05, 0.1) is 23.9 Å². The number of ether oxygens (including phenoxy) is 1. The normalized spacial score (nSPS) is 13.6. The number of anilines is 1. The first-order valence-corrected chi connectivity index (χ1v) is 12.7. The zero-order chi connectivity index (χ0) is 25.7. The molecule has 0 saturated heterocycles. The van der Waals surface area contributed by atoms with Crippen LogP contribution in [0.25, 0.3) is 0 Å². The Morgan fingerprint density at radius 1 is 1.19 bits per heavy atom. The van der Waals surface area contributed by atoms with Crippen LogP contribution in [-0.2, 0) is 31.1 Å². The number of benzene rings is 1. The molecule has 0 bridgehead atoms. The van der Waals surface area contributed by atoms with Crippen molar-refractivity contribution >= 4 is 11.6 Å². The molecule has 1 aliphatic rings. The van der Waals surface area contributed by atoms with E-state index in [1.165, 1.54) is 5.56 Å². The maximum absolute atomic E-state index is 12.1. The molecule has 0 fully saturated rings. The number of hydrogen-bond donors (Lipinski definition) is 1. The topological polar surface area (TPSA) is 92.8 Å². The highest BCUT2D eigenvalue weighted by Crippen LogP contribution is 2.30. The smallest absolute Gasteiger partial charge is 0.211 e. The van der Waals surface area contributed by atoms with Gasteiger partial charge in [-0.15, -0.1) is 0 Å². The maximum atomic E-state index is 12.1. The highest BCUT2D eigenvalue weighted by atomic mass is 16.5. The molecule has 3 heterocycles. The highest BCUT2D eigenvalue weighted by molar-refractivity contribution is 5.76. The number of fused-ring (bicyclic) bond motifs is 1. The van der Waals surface area contributed by atoms with Crippen LogP contribution >= 0.6 is 0 Å². The molecule has 188 valence electrons. The number of nitriles is 1. The first kappa shape index (κ1) is 25.4. The second kappa shape index (κ2) is 11.4. The lowest BCUT2D eigenvalue weighted by atomic mass is 9.86. The summed E-state index contributed by atoms with van der Waals surface area (Å²) in [5.74, 6) is 2.05. The van der Waals surface area contributed by atoms with Crippen molar-refractivity contribution in [1.29, 1.82) is 5.26 Å². The second-order valence-electron chi connectivity index (χ2n) is 10.00. The number of nitrogens with zero attached hydrogens (tertiary/aromatic N) is 4. The summed E-state index contributed by atoms with van der Waals surface area (Å²) < 4.78 is 7.79. The lowest BCUT2D eigenvalue weighted by Gasteiger charge is -2.18. The van der Waals surface area contributed by atoms with Gasteiger partial charge in [0.2, 0.25) is 5.88 Å². The number of nitrogens with one attached hydrogen (secondary N) is 1. The van der Waals surface area contributed by atoms with E-state index in [0.29, 0.717) is 43.2 Å². The lowest BCUT2D eigenvalue weighted by molar-refractivity contribution is -0.117. The fraction of sp³-hybridized carbons (Fsp3) is 0.448. The number of Topliss-reactive ketones (excluding diaryl/α,β-unsaturated/α-hetero) is 1. The van der Waals surface area contributed by atoms with E-state index in [2.05, 4.69) is 48.5 Å². The third-order valence-corrected chi connectivity index (χ3v) is 6.68. The number of rotatable bonds is 10. The number of carbonyl (C=O) groups excluding carboxylic acids is 1. The predicted molar refractivity (Wildman–Crippen MR) is 140 cm³/mol. The third-order valence-electron chi connectivity index (χ3n) is 6.68. The van der Waals surface area contributed by atoms with Gasteiger partial charge in [-0.2, -0.15) is 10.4 Å². The van der Waals surface area contributed by atoms with Crippen LogP contribution in [0.1, 0.15) is 79.1 Å². The number of pyridine rings is 1. The predicted octanol–water partition coefficient (Wildman–Crippen LogP) is 5.10. The van der Waals surface area contributed by atoms with Crippen LogP contribution < -0.4 is 10.1 Å². The van der Waals surface area contributed by atoms with Gasteiger partial charge in [0.1, 0.15) is 11.6 Å². The first-order valence-electron chi connectivity index (χ1n) is 12.7. The third kappa shape index (κ3) is 6.31. The summed E-state index contributed by atoms with van der Waals surface area (Å²) in [6.45, 7) is 7.31. The molecule has 7 heteroatoms. The van der Waals surface area contributed by atoms with Gasteiger partial charge in [-0.3, -0.25) is 0 Å². The van der Waals surface area contributed by atoms with Crippen LogP contribution in [0.2, 0.25) is 0 Å². The van der Waals surface area contributed by atoms with E-state index in [4.69, 9.17) is 9.72 Å². The molecule has 0 amide bonds. The van der Waals surface area contributed by atoms with E-state index in [1.54, 1.807) is 11.6 Å². The molecule has 1 N–H and O–H groups in total. The largest absolute Gasteiger partial charge is 0.477 e. The quantitative estimate of drug-likeness (QED) is 0.430. The summed E-state index contributed by atoms with van der Waals surface area (Å²) in [5, 5.41) is 17.6. The van der Waals surface area contributed by atoms with Crippen LogP contribution in [0.5, 0.6) is 5.88 Å². The molecule has 1 aliphatic heterocycles. The molecule has 2 aromatic heterocycles. The van der Waals surface area contributed by atoms with E-state index in [1.807, 2.05) is 25.2 Å². The molecule has 1 unspecified atom stereocenters. The van der Waals surface area contributed by atoms with Gasteiger partial charge in [0.25, 0.3) is 0 Å². The fourth-order valence-corrected chi connectivity index (χ4v) is 4.73. The van der Waals surface area contributed by atoms with Gasteiger partial charge < -0.3 is 14.8 Å². The van der Waals surface area contributed by atoms with Gasteiger partial charge in [-0.1, -0.05) is 26.0 Å². The minimum atomic E-state index is -0.0526. The number of carbonyl (C=O) groups is 1. The van der Waals surface area contributed by atoms with Crippen molar-refractivity contribution in [3.05, 3.63) is 70.0 Å². The molecule has 3 aromatic rings. The molecule has 4 rings (SSSR count). The Hall–Kier alpha value is -3.66. The minimum Gasteiger partial charge on any atom is -0.477 e. The maximum Gasteiger partial charge on any atom is 0.211 e. The van der Waals surface area contributed by atoms with Gasteiger partial charge in [-0.25, -0.2) is 9.67 Å². The van der Waals surface area contributed by atoms with E-state index in [-0.39, 0.29) is 11.7 Å². The Kier molecular flexibility index (Phi) is 8.04. The van der Waals surface area contributed by atoms with Crippen LogP contribution in [0, 0.1) is 11.3 Å². The standard InChI is InChI=1S/C29H35N5O2/c1-19(2)23-13-21(18-30)14-25(15-23)24(12-20(3)35)16-27-17-28(34(4)33-27)36-11-9-26-8-7-22-6-5-10-31-29(22)32-26/h7-8,13-15,17,19,24H,5-6,9-12,16H2,1-4H3,(H,31,32). The lowest BCUT2D eigenvalue weighted by Crippen LogP contribution is -2.14. The van der Waals surface area contributed by atoms with E-state index >= 15 is 0 Å². The van der Waals surface area contributed by atoms with Crippen LogP contribution in [-0.4, -0.2) is 33.7 Å². The van der Waals surface area contributed by atoms with Crippen molar-refractivity contribution in [3.63, 3.8) is 0 Å². The Morgan fingerprint density at radius 2 is 2.00 bits per heavy atom. The molecular formula is C29H35N5O2. The monoisotopic (exact) mass is 485 g/mol. The molecule has 0 saturated carbocycles. The van der Waals surface area contributed by atoms with Crippen molar-refractivity contribution in [2.45, 2.75) is 64.7 Å². The Morgan fingerprint density at radius 3 is 2.75 bits per heavy atom. The average Bonchev–Trinajstić information content (AvgIpc) is 3.21. The number of aromatic nitrogens is 3. The molecule has 0 aliphatic carbocycles. The van der Waals surface area contributed by atoms with E-state index in [9.17, 15) is 10.1 Å². The average molecular weight is 486 g/mol. The van der Waals surface area contributed by atoms with Crippen molar-refractivity contribution in [2.24, 2.45) is 7.05 Å². The summed E-state index contributed by atoms with van der Waals surface area (Å²) >= 11 is 0. The molecular weight excluding hydrogens is 450 g/mol. The summed E-state index contributed by atoms with van der Waals surface area (Å²) in [7, 11) is 1.87. The summed E-state index contributed by atoms with van der Waals surface area (Å²) in [6, 6.07) is 14.4. The molecule has 1 atom stereocenters. The Labute approximate surface area is 213 Å². The molecule has 0 spiro atoms. The van der Waals surface area contributed by atoms with Gasteiger partial charge in [-0.05, 0) is 72.9 Å². The number of ketones is 1. The van der Waals surface area contributed by atoms with E-state index in [0.717, 1.165) is 47.7 Å². The van der Waals surface area contributed by atoms with Crippen LogP contribution in [0.3, 0.4) is 0 Å². The molecule has 7 nitrogen and oxygen atoms in total. The van der Waals surface area contributed by atoms with E-state index < -0.39 is 0 Å². The van der Waals surface area contributed by atoms with Crippen molar-refractivity contribution in [2.75, 3.05) is 18.5 Å². The molecule has 1 aromatic carbocycles. The second-order valence-corrected chi connectivity index (χ2v) is 10.00. The van der Waals surface area contributed by atoms with Gasteiger partial charge in [0, 0.05) is 38.2 Å². The Bertz CT molecular complexity index is 1270. The number of hydrogen-bond acceptors (Lipinski definition) is 6. The van der Waals surface area contributed by atoms with Crippen molar-refractivity contribution < 1.29 is 9.53 Å². The van der Waals surface area contributed by atoms with Gasteiger partial charge >= 0.3 is 0 Å².